The first-order valence-electron chi connectivity index (χ1n) is 7.20. The molecule has 4 heteroatoms. The van der Waals surface area contributed by atoms with Crippen molar-refractivity contribution in [2.45, 2.75) is 52.1 Å². The van der Waals surface area contributed by atoms with Crippen LogP contribution in [0.2, 0.25) is 0 Å². The van der Waals surface area contributed by atoms with E-state index in [2.05, 4.69) is 33.0 Å². The van der Waals surface area contributed by atoms with Gasteiger partial charge in [-0.05, 0) is 18.3 Å². The van der Waals surface area contributed by atoms with E-state index in [1.165, 1.54) is 22.0 Å². The van der Waals surface area contributed by atoms with Crippen LogP contribution in [-0.4, -0.2) is 24.7 Å². The van der Waals surface area contributed by atoms with Crippen LogP contribution in [0.4, 0.5) is 0 Å². The fourth-order valence-electron chi connectivity index (χ4n) is 3.67. The van der Waals surface area contributed by atoms with Crippen LogP contribution in [0, 0.1) is 5.41 Å². The third kappa shape index (κ3) is 2.58. The zero-order valence-electron chi connectivity index (χ0n) is 12.4. The summed E-state index contributed by atoms with van der Waals surface area (Å²) in [4.78, 5) is 6.40. The van der Waals surface area contributed by atoms with Crippen LogP contribution in [0.25, 0.3) is 0 Å². The first-order chi connectivity index (χ1) is 8.87. The van der Waals surface area contributed by atoms with Gasteiger partial charge in [-0.25, -0.2) is 4.98 Å². The minimum atomic E-state index is 0.156. The van der Waals surface area contributed by atoms with Gasteiger partial charge in [0, 0.05) is 23.4 Å². The SMILES string of the molecule is CC1(C)Cc2nc(C3CNCCO3)sc2C(C)(C)C1. The van der Waals surface area contributed by atoms with Crippen LogP contribution in [0.5, 0.6) is 0 Å². The molecule has 0 saturated carbocycles. The number of rotatable bonds is 1. The van der Waals surface area contributed by atoms with Crippen molar-refractivity contribution >= 4 is 11.3 Å². The highest BCUT2D eigenvalue weighted by atomic mass is 32.1. The minimum Gasteiger partial charge on any atom is -0.368 e. The van der Waals surface area contributed by atoms with Crippen LogP contribution < -0.4 is 5.32 Å². The summed E-state index contributed by atoms with van der Waals surface area (Å²) in [6.45, 7) is 12.1. The van der Waals surface area contributed by atoms with Crippen molar-refractivity contribution in [2.75, 3.05) is 19.7 Å². The number of fused-ring (bicyclic) bond motifs is 1. The molecule has 1 aromatic rings. The standard InChI is InChI=1S/C15H24N2OS/c1-14(2)7-10-12(15(3,4)9-14)19-13(17-10)11-8-16-5-6-18-11/h11,16H,5-9H2,1-4H3. The van der Waals surface area contributed by atoms with Gasteiger partial charge < -0.3 is 10.1 Å². The van der Waals surface area contributed by atoms with Crippen molar-refractivity contribution in [1.82, 2.24) is 10.3 Å². The van der Waals surface area contributed by atoms with Crippen molar-refractivity contribution < 1.29 is 4.74 Å². The van der Waals surface area contributed by atoms with Crippen molar-refractivity contribution in [3.8, 4) is 0 Å². The van der Waals surface area contributed by atoms with E-state index in [4.69, 9.17) is 9.72 Å². The third-order valence-electron chi connectivity index (χ3n) is 4.10. The smallest absolute Gasteiger partial charge is 0.123 e. The molecule has 1 N–H and O–H groups in total. The topological polar surface area (TPSA) is 34.2 Å². The molecule has 2 heterocycles. The van der Waals surface area contributed by atoms with Crippen molar-refractivity contribution in [2.24, 2.45) is 5.41 Å². The molecule has 1 aromatic heterocycles. The lowest BCUT2D eigenvalue weighted by Gasteiger charge is -2.39. The molecule has 0 spiro atoms. The molecule has 2 aliphatic rings. The first-order valence-corrected chi connectivity index (χ1v) is 8.01. The Hall–Kier alpha value is -0.450. The van der Waals surface area contributed by atoms with E-state index in [1.807, 2.05) is 11.3 Å². The molecule has 1 aliphatic heterocycles. The van der Waals surface area contributed by atoms with E-state index < -0.39 is 0 Å². The number of morpholine rings is 1. The minimum absolute atomic E-state index is 0.156. The molecule has 1 saturated heterocycles. The van der Waals surface area contributed by atoms with Gasteiger partial charge in [0.1, 0.15) is 11.1 Å². The number of hydrogen-bond donors (Lipinski definition) is 1. The molecule has 0 bridgehead atoms. The van der Waals surface area contributed by atoms with Gasteiger partial charge in [0.25, 0.3) is 0 Å². The van der Waals surface area contributed by atoms with Crippen LogP contribution in [0.3, 0.4) is 0 Å². The number of aromatic nitrogens is 1. The van der Waals surface area contributed by atoms with E-state index >= 15 is 0 Å². The summed E-state index contributed by atoms with van der Waals surface area (Å²) in [5.41, 5.74) is 1.92. The Morgan fingerprint density at radius 2 is 2.11 bits per heavy atom. The second-order valence-corrected chi connectivity index (χ2v) is 8.32. The van der Waals surface area contributed by atoms with Gasteiger partial charge in [0.05, 0.1) is 12.3 Å². The molecular weight excluding hydrogens is 256 g/mol. The highest BCUT2D eigenvalue weighted by Gasteiger charge is 2.40. The molecule has 3 nitrogen and oxygen atoms in total. The van der Waals surface area contributed by atoms with Gasteiger partial charge in [-0.15, -0.1) is 11.3 Å². The maximum atomic E-state index is 5.85. The van der Waals surface area contributed by atoms with Crippen LogP contribution in [0.15, 0.2) is 0 Å². The fourth-order valence-corrected chi connectivity index (χ4v) is 4.90. The highest BCUT2D eigenvalue weighted by Crippen LogP contribution is 2.48. The average molecular weight is 280 g/mol. The summed E-state index contributed by atoms with van der Waals surface area (Å²) in [5, 5.41) is 4.56. The van der Waals surface area contributed by atoms with Gasteiger partial charge in [-0.2, -0.15) is 0 Å². The third-order valence-corrected chi connectivity index (χ3v) is 5.65. The largest absolute Gasteiger partial charge is 0.368 e. The predicted molar refractivity (Wildman–Crippen MR) is 78.8 cm³/mol. The van der Waals surface area contributed by atoms with E-state index in [-0.39, 0.29) is 11.5 Å². The van der Waals surface area contributed by atoms with Crippen molar-refractivity contribution in [3.63, 3.8) is 0 Å². The molecule has 1 atom stereocenters. The van der Waals surface area contributed by atoms with Gasteiger partial charge in [-0.3, -0.25) is 0 Å². The first kappa shape index (κ1) is 13.5. The van der Waals surface area contributed by atoms with Gasteiger partial charge in [-0.1, -0.05) is 27.7 Å². The lowest BCUT2D eigenvalue weighted by atomic mass is 9.67. The molecule has 0 amide bonds. The maximum absolute atomic E-state index is 5.85. The van der Waals surface area contributed by atoms with E-state index in [0.29, 0.717) is 5.41 Å². The number of ether oxygens (including phenoxy) is 1. The summed E-state index contributed by atoms with van der Waals surface area (Å²) >= 11 is 1.87. The normalized spacial score (nSPS) is 28.9. The maximum Gasteiger partial charge on any atom is 0.123 e. The molecule has 1 unspecified atom stereocenters. The lowest BCUT2D eigenvalue weighted by molar-refractivity contribution is 0.0274. The average Bonchev–Trinajstić information content (AvgIpc) is 2.72. The summed E-state index contributed by atoms with van der Waals surface area (Å²) < 4.78 is 5.85. The summed E-state index contributed by atoms with van der Waals surface area (Å²) in [7, 11) is 0. The quantitative estimate of drug-likeness (QED) is 0.858. The van der Waals surface area contributed by atoms with Gasteiger partial charge >= 0.3 is 0 Å². The van der Waals surface area contributed by atoms with Crippen molar-refractivity contribution in [3.05, 3.63) is 15.6 Å². The van der Waals surface area contributed by atoms with E-state index in [1.54, 1.807) is 0 Å². The molecule has 0 radical (unpaired) electrons. The van der Waals surface area contributed by atoms with E-state index in [0.717, 1.165) is 26.1 Å². The number of hydrogen-bond acceptors (Lipinski definition) is 4. The molecule has 106 valence electrons. The number of thiazole rings is 1. The number of nitrogens with one attached hydrogen (secondary N) is 1. The summed E-state index contributed by atoms with van der Waals surface area (Å²) in [6.07, 6.45) is 2.49. The molecular formula is C15H24N2OS. The zero-order valence-corrected chi connectivity index (χ0v) is 13.2. The van der Waals surface area contributed by atoms with Crippen molar-refractivity contribution in [1.29, 1.82) is 0 Å². The number of nitrogens with zero attached hydrogens (tertiary/aromatic N) is 1. The Morgan fingerprint density at radius 1 is 1.32 bits per heavy atom. The zero-order chi connectivity index (χ0) is 13.7. The van der Waals surface area contributed by atoms with Crippen LogP contribution >= 0.6 is 11.3 Å². The Kier molecular flexibility index (Phi) is 3.23. The second kappa shape index (κ2) is 4.54. The predicted octanol–water partition coefficient (Wildman–Crippen LogP) is 3.05. The Balaban J connectivity index is 1.94. The molecule has 1 fully saturated rings. The van der Waals surface area contributed by atoms with Crippen LogP contribution in [-0.2, 0) is 16.6 Å². The van der Waals surface area contributed by atoms with Gasteiger partial charge in [0.15, 0.2) is 0 Å². The second-order valence-electron chi connectivity index (χ2n) is 7.29. The highest BCUT2D eigenvalue weighted by molar-refractivity contribution is 7.12. The Morgan fingerprint density at radius 3 is 2.79 bits per heavy atom. The Labute approximate surface area is 119 Å². The van der Waals surface area contributed by atoms with E-state index in [9.17, 15) is 0 Å². The Bertz CT molecular complexity index is 472. The summed E-state index contributed by atoms with van der Waals surface area (Å²) in [5.74, 6) is 0. The molecule has 0 aromatic carbocycles. The molecule has 19 heavy (non-hydrogen) atoms. The molecule has 1 aliphatic carbocycles. The molecule has 3 rings (SSSR count). The summed E-state index contributed by atoms with van der Waals surface area (Å²) in [6, 6.07) is 0. The fraction of sp³-hybridized carbons (Fsp3) is 0.800. The lowest BCUT2D eigenvalue weighted by Crippen LogP contribution is -2.33. The monoisotopic (exact) mass is 280 g/mol. The van der Waals surface area contributed by atoms with Gasteiger partial charge in [0.2, 0.25) is 0 Å². The van der Waals surface area contributed by atoms with Crippen LogP contribution in [0.1, 0.15) is 55.8 Å².